The first-order valence-corrected chi connectivity index (χ1v) is 6.43. The molecule has 0 saturated carbocycles. The van der Waals surface area contributed by atoms with E-state index < -0.39 is 0 Å². The standard InChI is InChI=1S/C12H19N7/c1-4-9-16-10(13-3)6-11(17-9)14-7-12-18-15-8-19(12)5-2/h6,8H,4-5,7H2,1-3H3,(H2,13,14,16,17). The van der Waals surface area contributed by atoms with Crippen LogP contribution < -0.4 is 10.6 Å². The van der Waals surface area contributed by atoms with Crippen LogP contribution in [0.4, 0.5) is 11.6 Å². The van der Waals surface area contributed by atoms with Crippen molar-refractivity contribution in [1.29, 1.82) is 0 Å². The Morgan fingerprint density at radius 3 is 2.68 bits per heavy atom. The topological polar surface area (TPSA) is 80.5 Å². The number of rotatable bonds is 6. The number of aryl methyl sites for hydroxylation is 2. The van der Waals surface area contributed by atoms with E-state index in [4.69, 9.17) is 0 Å². The lowest BCUT2D eigenvalue weighted by atomic mass is 10.4. The maximum Gasteiger partial charge on any atom is 0.152 e. The van der Waals surface area contributed by atoms with E-state index in [1.807, 2.05) is 24.6 Å². The molecule has 7 heteroatoms. The second-order valence-corrected chi connectivity index (χ2v) is 4.04. The fourth-order valence-corrected chi connectivity index (χ4v) is 1.72. The molecule has 0 aromatic carbocycles. The van der Waals surface area contributed by atoms with Crippen LogP contribution in [-0.2, 0) is 19.5 Å². The molecule has 0 bridgehead atoms. The van der Waals surface area contributed by atoms with Gasteiger partial charge in [-0.2, -0.15) is 0 Å². The van der Waals surface area contributed by atoms with Crippen molar-refractivity contribution in [1.82, 2.24) is 24.7 Å². The fourth-order valence-electron chi connectivity index (χ4n) is 1.72. The number of hydrogen-bond acceptors (Lipinski definition) is 6. The van der Waals surface area contributed by atoms with Gasteiger partial charge in [-0.05, 0) is 6.92 Å². The number of nitrogens with one attached hydrogen (secondary N) is 2. The van der Waals surface area contributed by atoms with Crippen LogP contribution in [0.1, 0.15) is 25.5 Å². The second-order valence-electron chi connectivity index (χ2n) is 4.04. The third kappa shape index (κ3) is 3.18. The average Bonchev–Trinajstić information content (AvgIpc) is 2.92. The highest BCUT2D eigenvalue weighted by Gasteiger charge is 2.05. The maximum atomic E-state index is 4.44. The van der Waals surface area contributed by atoms with Crippen molar-refractivity contribution in [2.75, 3.05) is 17.7 Å². The lowest BCUT2D eigenvalue weighted by molar-refractivity contribution is 0.707. The largest absolute Gasteiger partial charge is 0.373 e. The number of nitrogens with zero attached hydrogens (tertiary/aromatic N) is 5. The first kappa shape index (κ1) is 13.3. The zero-order valence-corrected chi connectivity index (χ0v) is 11.5. The molecule has 2 aromatic heterocycles. The van der Waals surface area contributed by atoms with Gasteiger partial charge in [-0.3, -0.25) is 0 Å². The lowest BCUT2D eigenvalue weighted by Gasteiger charge is -2.09. The minimum Gasteiger partial charge on any atom is -0.373 e. The van der Waals surface area contributed by atoms with Crippen molar-refractivity contribution in [2.45, 2.75) is 33.4 Å². The Morgan fingerprint density at radius 2 is 2.00 bits per heavy atom. The molecule has 2 heterocycles. The van der Waals surface area contributed by atoms with E-state index in [1.165, 1.54) is 0 Å². The molecule has 0 aliphatic rings. The Morgan fingerprint density at radius 1 is 1.21 bits per heavy atom. The van der Waals surface area contributed by atoms with Gasteiger partial charge in [-0.1, -0.05) is 6.92 Å². The van der Waals surface area contributed by atoms with Gasteiger partial charge >= 0.3 is 0 Å². The van der Waals surface area contributed by atoms with Gasteiger partial charge in [0, 0.05) is 26.1 Å². The maximum absolute atomic E-state index is 4.44. The minimum absolute atomic E-state index is 0.594. The van der Waals surface area contributed by atoms with Crippen LogP contribution in [-0.4, -0.2) is 31.8 Å². The monoisotopic (exact) mass is 261 g/mol. The molecule has 0 spiro atoms. The zero-order chi connectivity index (χ0) is 13.7. The average molecular weight is 261 g/mol. The summed E-state index contributed by atoms with van der Waals surface area (Å²) >= 11 is 0. The Bertz CT molecular complexity index is 512. The first-order chi connectivity index (χ1) is 9.26. The van der Waals surface area contributed by atoms with Crippen molar-refractivity contribution in [3.8, 4) is 0 Å². The summed E-state index contributed by atoms with van der Waals surface area (Å²) in [4.78, 5) is 8.79. The molecule has 0 saturated heterocycles. The predicted octanol–water partition coefficient (Wildman–Crippen LogP) is 1.30. The van der Waals surface area contributed by atoms with E-state index in [0.29, 0.717) is 6.54 Å². The van der Waals surface area contributed by atoms with Crippen LogP contribution in [0.5, 0.6) is 0 Å². The summed E-state index contributed by atoms with van der Waals surface area (Å²) in [5, 5.41) is 14.3. The van der Waals surface area contributed by atoms with Crippen molar-refractivity contribution in [2.24, 2.45) is 0 Å². The highest BCUT2D eigenvalue weighted by atomic mass is 15.3. The van der Waals surface area contributed by atoms with Gasteiger partial charge in [0.15, 0.2) is 5.82 Å². The summed E-state index contributed by atoms with van der Waals surface area (Å²) < 4.78 is 1.99. The Kier molecular flexibility index (Phi) is 4.27. The van der Waals surface area contributed by atoms with E-state index in [0.717, 1.165) is 36.3 Å². The van der Waals surface area contributed by atoms with Crippen LogP contribution in [0, 0.1) is 0 Å². The molecule has 0 fully saturated rings. The smallest absolute Gasteiger partial charge is 0.152 e. The van der Waals surface area contributed by atoms with Crippen LogP contribution in [0.15, 0.2) is 12.4 Å². The molecule has 0 aliphatic heterocycles. The molecule has 2 N–H and O–H groups in total. The molecule has 2 aromatic rings. The van der Waals surface area contributed by atoms with Crippen molar-refractivity contribution in [3.05, 3.63) is 24.0 Å². The van der Waals surface area contributed by atoms with E-state index in [-0.39, 0.29) is 0 Å². The normalized spacial score (nSPS) is 10.5. The minimum atomic E-state index is 0.594. The van der Waals surface area contributed by atoms with E-state index in [2.05, 4.69) is 37.7 Å². The van der Waals surface area contributed by atoms with Gasteiger partial charge in [0.05, 0.1) is 6.54 Å². The van der Waals surface area contributed by atoms with Gasteiger partial charge in [0.1, 0.15) is 23.8 Å². The highest BCUT2D eigenvalue weighted by Crippen LogP contribution is 2.12. The molecule has 19 heavy (non-hydrogen) atoms. The first-order valence-electron chi connectivity index (χ1n) is 6.43. The van der Waals surface area contributed by atoms with Gasteiger partial charge in [0.25, 0.3) is 0 Å². The van der Waals surface area contributed by atoms with Crippen LogP contribution in [0.2, 0.25) is 0 Å². The van der Waals surface area contributed by atoms with Crippen LogP contribution in [0.25, 0.3) is 0 Å². The summed E-state index contributed by atoms with van der Waals surface area (Å²) in [5.74, 6) is 3.31. The predicted molar refractivity (Wildman–Crippen MR) is 74.0 cm³/mol. The van der Waals surface area contributed by atoms with Crippen molar-refractivity contribution in [3.63, 3.8) is 0 Å². The number of aromatic nitrogens is 5. The molecule has 0 radical (unpaired) electrons. The number of anilines is 2. The lowest BCUT2D eigenvalue weighted by Crippen LogP contribution is -2.10. The molecular formula is C12H19N7. The summed E-state index contributed by atoms with van der Waals surface area (Å²) in [6, 6.07) is 1.88. The molecule has 0 amide bonds. The van der Waals surface area contributed by atoms with E-state index >= 15 is 0 Å². The Balaban J connectivity index is 2.10. The highest BCUT2D eigenvalue weighted by molar-refractivity contribution is 5.47. The summed E-state index contributed by atoms with van der Waals surface area (Å²) in [7, 11) is 1.85. The quantitative estimate of drug-likeness (QED) is 0.816. The van der Waals surface area contributed by atoms with Gasteiger partial charge in [0.2, 0.25) is 0 Å². The molecule has 0 atom stereocenters. The number of hydrogen-bond donors (Lipinski definition) is 2. The van der Waals surface area contributed by atoms with Gasteiger partial charge < -0.3 is 15.2 Å². The third-order valence-electron chi connectivity index (χ3n) is 2.81. The molecule has 0 aliphatic carbocycles. The fraction of sp³-hybridized carbons (Fsp3) is 0.500. The summed E-state index contributed by atoms with van der Waals surface area (Å²) in [6.07, 6.45) is 2.53. The Labute approximate surface area is 112 Å². The van der Waals surface area contributed by atoms with Gasteiger partial charge in [-0.25, -0.2) is 9.97 Å². The Hall–Kier alpha value is -2.18. The summed E-state index contributed by atoms with van der Waals surface area (Å²) in [5.41, 5.74) is 0. The second kappa shape index (κ2) is 6.12. The van der Waals surface area contributed by atoms with E-state index in [1.54, 1.807) is 6.33 Å². The van der Waals surface area contributed by atoms with Crippen molar-refractivity contribution >= 4 is 11.6 Å². The SMILES string of the molecule is CCc1nc(NC)cc(NCc2nncn2CC)n1. The van der Waals surface area contributed by atoms with Gasteiger partial charge in [-0.15, -0.1) is 10.2 Å². The third-order valence-corrected chi connectivity index (χ3v) is 2.81. The molecule has 0 unspecified atom stereocenters. The molecular weight excluding hydrogens is 242 g/mol. The van der Waals surface area contributed by atoms with Crippen molar-refractivity contribution < 1.29 is 0 Å². The van der Waals surface area contributed by atoms with Crippen LogP contribution >= 0.6 is 0 Å². The van der Waals surface area contributed by atoms with Crippen LogP contribution in [0.3, 0.4) is 0 Å². The molecule has 2 rings (SSSR count). The zero-order valence-electron chi connectivity index (χ0n) is 11.5. The molecule has 7 nitrogen and oxygen atoms in total. The summed E-state index contributed by atoms with van der Waals surface area (Å²) in [6.45, 7) is 5.55. The van der Waals surface area contributed by atoms with E-state index in [9.17, 15) is 0 Å². The molecule has 102 valence electrons.